The summed E-state index contributed by atoms with van der Waals surface area (Å²) in [7, 11) is 0. The first-order valence-corrected chi connectivity index (χ1v) is 3.21. The Morgan fingerprint density at radius 2 is 2.45 bits per heavy atom. The number of hydrogen-bond donors (Lipinski definition) is 4. The average Bonchev–Trinajstić information content (AvgIpc) is 1.96. The summed E-state index contributed by atoms with van der Waals surface area (Å²) in [6.07, 6.45) is 1.42. The van der Waals surface area contributed by atoms with Gasteiger partial charge in [-0.3, -0.25) is 21.1 Å². The fourth-order valence-electron chi connectivity index (χ4n) is 0.444. The lowest BCUT2D eigenvalue weighted by molar-refractivity contribution is -0.118. The number of amides is 1. The Balaban J connectivity index is 3.07. The smallest absolute Gasteiger partial charge is 0.216 e. The molecule has 5 N–H and O–H groups in total. The number of carbonyl (C=O) groups is 1. The molecular formula is C5H13N5O. The number of nitrogens with two attached hydrogens (primary N) is 1. The Morgan fingerprint density at radius 3 is 3.00 bits per heavy atom. The number of rotatable bonds is 5. The molecule has 0 aliphatic rings. The molecule has 64 valence electrons. The van der Waals surface area contributed by atoms with Gasteiger partial charge in [-0.05, 0) is 0 Å². The Labute approximate surface area is 65.2 Å². The zero-order valence-corrected chi connectivity index (χ0v) is 6.42. The molecule has 0 radical (unpaired) electrons. The lowest BCUT2D eigenvalue weighted by Crippen LogP contribution is -2.36. The maximum absolute atomic E-state index is 10.3. The van der Waals surface area contributed by atoms with Crippen molar-refractivity contribution in [3.8, 4) is 0 Å². The van der Waals surface area contributed by atoms with E-state index in [1.54, 1.807) is 0 Å². The van der Waals surface area contributed by atoms with Crippen molar-refractivity contribution >= 4 is 12.2 Å². The van der Waals surface area contributed by atoms with Gasteiger partial charge in [0.05, 0.1) is 12.9 Å². The molecule has 11 heavy (non-hydrogen) atoms. The molecule has 6 nitrogen and oxygen atoms in total. The van der Waals surface area contributed by atoms with Gasteiger partial charge >= 0.3 is 0 Å². The first kappa shape index (κ1) is 9.86. The minimum Gasteiger partial charge on any atom is -0.354 e. The number of aliphatic imine (C=N–C) groups is 1. The normalized spacial score (nSPS) is 10.0. The molecule has 0 fully saturated rings. The van der Waals surface area contributed by atoms with Crippen LogP contribution in [0.15, 0.2) is 4.99 Å². The SMILES string of the molecule is CC(=O)NCCN=CNNN. The number of carbonyl (C=O) groups excluding carboxylic acids is 1. The fraction of sp³-hybridized carbons (Fsp3) is 0.600. The van der Waals surface area contributed by atoms with Crippen molar-refractivity contribution in [2.24, 2.45) is 10.8 Å². The van der Waals surface area contributed by atoms with Crippen LogP contribution in [0.3, 0.4) is 0 Å². The molecule has 0 heterocycles. The van der Waals surface area contributed by atoms with Crippen molar-refractivity contribution in [1.82, 2.24) is 16.3 Å². The van der Waals surface area contributed by atoms with Gasteiger partial charge in [-0.15, -0.1) is 0 Å². The zero-order chi connectivity index (χ0) is 8.53. The Morgan fingerprint density at radius 1 is 1.73 bits per heavy atom. The second kappa shape index (κ2) is 6.97. The average molecular weight is 159 g/mol. The van der Waals surface area contributed by atoms with Gasteiger partial charge in [0.15, 0.2) is 0 Å². The van der Waals surface area contributed by atoms with E-state index < -0.39 is 0 Å². The largest absolute Gasteiger partial charge is 0.354 e. The molecule has 0 unspecified atom stereocenters. The molecule has 0 aromatic heterocycles. The van der Waals surface area contributed by atoms with Gasteiger partial charge in [0.1, 0.15) is 0 Å². The highest BCUT2D eigenvalue weighted by atomic mass is 16.1. The van der Waals surface area contributed by atoms with Gasteiger partial charge in [0, 0.05) is 13.5 Å². The van der Waals surface area contributed by atoms with Gasteiger partial charge in [-0.25, -0.2) is 0 Å². The van der Waals surface area contributed by atoms with Gasteiger partial charge in [-0.2, -0.15) is 5.53 Å². The summed E-state index contributed by atoms with van der Waals surface area (Å²) in [4.78, 5) is 14.2. The molecular weight excluding hydrogens is 146 g/mol. The van der Waals surface area contributed by atoms with Crippen LogP contribution in [-0.2, 0) is 4.79 Å². The van der Waals surface area contributed by atoms with Crippen LogP contribution in [0.2, 0.25) is 0 Å². The maximum atomic E-state index is 10.3. The van der Waals surface area contributed by atoms with E-state index in [1.165, 1.54) is 13.3 Å². The maximum Gasteiger partial charge on any atom is 0.216 e. The number of nitrogens with zero attached hydrogens (tertiary/aromatic N) is 1. The highest BCUT2D eigenvalue weighted by molar-refractivity contribution is 5.72. The Hall–Kier alpha value is -1.14. The van der Waals surface area contributed by atoms with Gasteiger partial charge in [-0.1, -0.05) is 0 Å². The Bertz CT molecular complexity index is 135. The second-order valence-corrected chi connectivity index (χ2v) is 1.81. The summed E-state index contributed by atoms with van der Waals surface area (Å²) < 4.78 is 0. The van der Waals surface area contributed by atoms with Crippen molar-refractivity contribution in [3.05, 3.63) is 0 Å². The lowest BCUT2D eigenvalue weighted by atomic mass is 10.6. The lowest BCUT2D eigenvalue weighted by Gasteiger charge is -1.97. The van der Waals surface area contributed by atoms with E-state index in [0.717, 1.165) is 0 Å². The van der Waals surface area contributed by atoms with Crippen molar-refractivity contribution in [2.75, 3.05) is 13.1 Å². The fourth-order valence-corrected chi connectivity index (χ4v) is 0.444. The molecule has 0 aliphatic heterocycles. The first-order chi connectivity index (χ1) is 5.27. The minimum atomic E-state index is -0.0508. The number of nitrogens with one attached hydrogen (secondary N) is 3. The monoisotopic (exact) mass is 159 g/mol. The van der Waals surface area contributed by atoms with Crippen LogP contribution in [0, 0.1) is 0 Å². The number of hydrazine groups is 2. The molecule has 0 bridgehead atoms. The molecule has 0 aromatic rings. The van der Waals surface area contributed by atoms with E-state index in [1.807, 2.05) is 0 Å². The predicted molar refractivity (Wildman–Crippen MR) is 42.5 cm³/mol. The van der Waals surface area contributed by atoms with Crippen LogP contribution in [0.25, 0.3) is 0 Å². The molecule has 0 atom stereocenters. The van der Waals surface area contributed by atoms with Crippen LogP contribution in [0.5, 0.6) is 0 Å². The van der Waals surface area contributed by atoms with Gasteiger partial charge < -0.3 is 5.32 Å². The molecule has 6 heteroatoms. The molecule has 0 rings (SSSR count). The molecule has 0 spiro atoms. The molecule has 0 saturated carbocycles. The summed E-state index contributed by atoms with van der Waals surface area (Å²) >= 11 is 0. The molecule has 0 saturated heterocycles. The third-order valence-electron chi connectivity index (χ3n) is 0.854. The zero-order valence-electron chi connectivity index (χ0n) is 6.42. The summed E-state index contributed by atoms with van der Waals surface area (Å²) in [5, 5.41) is 2.59. The van der Waals surface area contributed by atoms with Gasteiger partial charge in [0.2, 0.25) is 5.91 Å². The molecule has 0 aliphatic carbocycles. The molecule has 1 amide bonds. The summed E-state index contributed by atoms with van der Waals surface area (Å²) in [5.74, 6) is 4.82. The van der Waals surface area contributed by atoms with Crippen LogP contribution in [0.1, 0.15) is 6.92 Å². The van der Waals surface area contributed by atoms with Crippen LogP contribution in [0.4, 0.5) is 0 Å². The van der Waals surface area contributed by atoms with E-state index in [0.29, 0.717) is 13.1 Å². The van der Waals surface area contributed by atoms with Gasteiger partial charge in [0.25, 0.3) is 0 Å². The Kier molecular flexibility index (Phi) is 6.25. The highest BCUT2D eigenvalue weighted by Crippen LogP contribution is 1.64. The third-order valence-corrected chi connectivity index (χ3v) is 0.854. The van der Waals surface area contributed by atoms with Crippen molar-refractivity contribution in [3.63, 3.8) is 0 Å². The first-order valence-electron chi connectivity index (χ1n) is 3.21. The summed E-state index contributed by atoms with van der Waals surface area (Å²) in [6, 6.07) is 0. The minimum absolute atomic E-state index is 0.0508. The van der Waals surface area contributed by atoms with Crippen LogP contribution < -0.4 is 22.1 Å². The van der Waals surface area contributed by atoms with Crippen molar-refractivity contribution in [2.45, 2.75) is 6.92 Å². The molecule has 0 aromatic carbocycles. The van der Waals surface area contributed by atoms with Crippen molar-refractivity contribution < 1.29 is 4.79 Å². The van der Waals surface area contributed by atoms with Crippen LogP contribution >= 0.6 is 0 Å². The summed E-state index contributed by atoms with van der Waals surface area (Å²) in [5.41, 5.74) is 4.64. The number of hydrogen-bond acceptors (Lipinski definition) is 4. The van der Waals surface area contributed by atoms with E-state index in [4.69, 9.17) is 5.84 Å². The topological polar surface area (TPSA) is 91.5 Å². The van der Waals surface area contributed by atoms with E-state index >= 15 is 0 Å². The quantitative estimate of drug-likeness (QED) is 0.124. The highest BCUT2D eigenvalue weighted by Gasteiger charge is 1.85. The van der Waals surface area contributed by atoms with E-state index in [2.05, 4.69) is 21.3 Å². The second-order valence-electron chi connectivity index (χ2n) is 1.81. The predicted octanol–water partition coefficient (Wildman–Crippen LogP) is -1.88. The third kappa shape index (κ3) is 8.86. The van der Waals surface area contributed by atoms with E-state index in [9.17, 15) is 4.79 Å². The standard InChI is InChI=1S/C5H13N5O/c1-5(11)8-3-2-7-4-9-10-6/h4,10H,2-3,6H2,1H3,(H,7,9)(H,8,11). The van der Waals surface area contributed by atoms with Crippen LogP contribution in [-0.4, -0.2) is 25.3 Å². The summed E-state index contributed by atoms with van der Waals surface area (Å²) in [6.45, 7) is 2.54. The van der Waals surface area contributed by atoms with E-state index in [-0.39, 0.29) is 5.91 Å². The van der Waals surface area contributed by atoms with Crippen molar-refractivity contribution in [1.29, 1.82) is 0 Å².